The molecule has 0 bridgehead atoms. The molecule has 0 radical (unpaired) electrons. The molecular weight excluding hydrogens is 354 g/mol. The Morgan fingerprint density at radius 1 is 1.21 bits per heavy atom. The highest BCUT2D eigenvalue weighted by molar-refractivity contribution is 5.91. The van der Waals surface area contributed by atoms with Crippen LogP contribution >= 0.6 is 0 Å². The number of likely N-dealkylation sites (tertiary alicyclic amines) is 1. The molecule has 0 unspecified atom stereocenters. The molecule has 1 aliphatic heterocycles. The summed E-state index contributed by atoms with van der Waals surface area (Å²) in [5.41, 5.74) is 0.989. The van der Waals surface area contributed by atoms with Gasteiger partial charge in [0.2, 0.25) is 5.91 Å². The van der Waals surface area contributed by atoms with Gasteiger partial charge in [0.1, 0.15) is 0 Å². The van der Waals surface area contributed by atoms with E-state index in [-0.39, 0.29) is 23.7 Å². The van der Waals surface area contributed by atoms with Gasteiger partial charge in [0.25, 0.3) is 0 Å². The van der Waals surface area contributed by atoms with E-state index in [1.807, 2.05) is 53.5 Å². The lowest BCUT2D eigenvalue weighted by Crippen LogP contribution is -2.42. The van der Waals surface area contributed by atoms with Crippen LogP contribution in [0.3, 0.4) is 0 Å². The van der Waals surface area contributed by atoms with Gasteiger partial charge >= 0.3 is 5.97 Å². The van der Waals surface area contributed by atoms with Crippen LogP contribution in [-0.4, -0.2) is 42.3 Å². The van der Waals surface area contributed by atoms with E-state index in [4.69, 9.17) is 0 Å². The minimum Gasteiger partial charge on any atom is -0.469 e. The summed E-state index contributed by atoms with van der Waals surface area (Å²) in [6.07, 6.45) is 12.0. The minimum absolute atomic E-state index is 0.0410. The van der Waals surface area contributed by atoms with Crippen LogP contribution in [0.2, 0.25) is 0 Å². The van der Waals surface area contributed by atoms with Gasteiger partial charge in [0.15, 0.2) is 5.78 Å². The number of nitrogens with zero attached hydrogens (tertiary/aromatic N) is 1. The second kappa shape index (κ2) is 11.9. The molecule has 1 aliphatic rings. The lowest BCUT2D eigenvalue weighted by Gasteiger charge is -2.33. The fourth-order valence-electron chi connectivity index (χ4n) is 3.23. The molecule has 2 rings (SSSR count). The summed E-state index contributed by atoms with van der Waals surface area (Å²) in [5.74, 6) is -0.0388. The first-order chi connectivity index (χ1) is 13.6. The van der Waals surface area contributed by atoms with Gasteiger partial charge in [-0.3, -0.25) is 14.4 Å². The molecule has 0 saturated carbocycles. The molecule has 5 heteroatoms. The molecule has 150 valence electrons. The third-order valence-electron chi connectivity index (χ3n) is 4.78. The Labute approximate surface area is 167 Å². The highest BCUT2D eigenvalue weighted by Gasteiger charge is 2.25. The maximum atomic E-state index is 12.3. The van der Waals surface area contributed by atoms with Gasteiger partial charge in [0, 0.05) is 25.8 Å². The maximum Gasteiger partial charge on any atom is 0.305 e. The Kier molecular flexibility index (Phi) is 9.19. The number of unbranched alkanes of at least 4 members (excludes halogenated alkanes) is 1. The number of ketones is 1. The average molecular weight is 383 g/mol. The molecule has 1 aromatic rings. The number of benzene rings is 1. The van der Waals surface area contributed by atoms with Crippen molar-refractivity contribution in [1.82, 2.24) is 4.90 Å². The Bertz CT molecular complexity index is 709. The summed E-state index contributed by atoms with van der Waals surface area (Å²) >= 11 is 0. The molecule has 0 N–H and O–H groups in total. The first-order valence-electron chi connectivity index (χ1n) is 9.86. The molecule has 1 heterocycles. The van der Waals surface area contributed by atoms with Gasteiger partial charge in [-0.2, -0.15) is 0 Å². The van der Waals surface area contributed by atoms with Gasteiger partial charge in [-0.15, -0.1) is 0 Å². The number of amides is 1. The molecule has 0 spiro atoms. The summed E-state index contributed by atoms with van der Waals surface area (Å²) < 4.78 is 4.61. The standard InChI is InChI=1S/C23H29NO4/c1-28-23(27)14-7-2-3-8-17-24-20(12-9-13-22(24)26)15-16-21(25)18-19-10-5-4-6-11-19/h3-6,8,10-11,15-16,20H,2,7,9,12-14,17-18H2,1H3/b8-3?,16-15+/t20-/m1/s1. The number of esters is 1. The molecule has 28 heavy (non-hydrogen) atoms. The van der Waals surface area contributed by atoms with E-state index in [1.165, 1.54) is 7.11 Å². The van der Waals surface area contributed by atoms with Crippen LogP contribution in [0.15, 0.2) is 54.6 Å². The van der Waals surface area contributed by atoms with Gasteiger partial charge in [-0.05, 0) is 37.3 Å². The number of hydrogen-bond donors (Lipinski definition) is 0. The predicted molar refractivity (Wildman–Crippen MR) is 109 cm³/mol. The number of rotatable bonds is 10. The number of ether oxygens (including phenoxy) is 1. The molecule has 0 aliphatic carbocycles. The zero-order chi connectivity index (χ0) is 20.2. The Morgan fingerprint density at radius 2 is 2.00 bits per heavy atom. The fourth-order valence-corrected chi connectivity index (χ4v) is 3.23. The van der Waals surface area contributed by atoms with Crippen molar-refractivity contribution in [2.24, 2.45) is 0 Å². The van der Waals surface area contributed by atoms with Gasteiger partial charge in [-0.25, -0.2) is 0 Å². The summed E-state index contributed by atoms with van der Waals surface area (Å²) in [7, 11) is 1.39. The van der Waals surface area contributed by atoms with Crippen molar-refractivity contribution in [3.8, 4) is 0 Å². The van der Waals surface area contributed by atoms with Crippen LogP contribution in [0.1, 0.15) is 44.1 Å². The third-order valence-corrected chi connectivity index (χ3v) is 4.78. The van der Waals surface area contributed by atoms with Crippen molar-refractivity contribution in [1.29, 1.82) is 0 Å². The van der Waals surface area contributed by atoms with E-state index < -0.39 is 0 Å². The Morgan fingerprint density at radius 3 is 2.75 bits per heavy atom. The molecule has 1 atom stereocenters. The largest absolute Gasteiger partial charge is 0.469 e. The van der Waals surface area contributed by atoms with Crippen LogP contribution < -0.4 is 0 Å². The van der Waals surface area contributed by atoms with Gasteiger partial charge < -0.3 is 9.64 Å². The number of carbonyl (C=O) groups excluding carboxylic acids is 3. The average Bonchev–Trinajstić information content (AvgIpc) is 2.70. The van der Waals surface area contributed by atoms with Crippen molar-refractivity contribution in [2.75, 3.05) is 13.7 Å². The first-order valence-corrected chi connectivity index (χ1v) is 9.86. The van der Waals surface area contributed by atoms with Gasteiger partial charge in [0.05, 0.1) is 13.2 Å². The zero-order valence-electron chi connectivity index (χ0n) is 16.5. The van der Waals surface area contributed by atoms with E-state index in [9.17, 15) is 14.4 Å². The number of carbonyl (C=O) groups is 3. The van der Waals surface area contributed by atoms with E-state index in [1.54, 1.807) is 6.08 Å². The van der Waals surface area contributed by atoms with E-state index >= 15 is 0 Å². The normalized spacial score (nSPS) is 17.4. The molecule has 1 fully saturated rings. The Hall–Kier alpha value is -2.69. The molecular formula is C23H29NO4. The number of piperidine rings is 1. The topological polar surface area (TPSA) is 63.7 Å². The summed E-state index contributed by atoms with van der Waals surface area (Å²) in [6.45, 7) is 0.527. The molecule has 1 amide bonds. The predicted octanol–water partition coefficient (Wildman–Crippen LogP) is 3.64. The number of allylic oxidation sites excluding steroid dienone is 2. The molecule has 0 aromatic heterocycles. The van der Waals surface area contributed by atoms with Crippen LogP contribution in [-0.2, 0) is 25.5 Å². The quantitative estimate of drug-likeness (QED) is 0.268. The summed E-state index contributed by atoms with van der Waals surface area (Å²) in [4.78, 5) is 37.4. The van der Waals surface area contributed by atoms with E-state index in [0.29, 0.717) is 25.8 Å². The summed E-state index contributed by atoms with van der Waals surface area (Å²) in [5, 5.41) is 0. The van der Waals surface area contributed by atoms with Gasteiger partial charge in [-0.1, -0.05) is 48.6 Å². The molecule has 1 saturated heterocycles. The van der Waals surface area contributed by atoms with Crippen LogP contribution in [0.5, 0.6) is 0 Å². The van der Waals surface area contributed by atoms with E-state index in [2.05, 4.69) is 4.74 Å². The smallest absolute Gasteiger partial charge is 0.305 e. The molecule has 1 aromatic carbocycles. The van der Waals surface area contributed by atoms with Crippen LogP contribution in [0.25, 0.3) is 0 Å². The number of methoxy groups -OCH3 is 1. The third kappa shape index (κ3) is 7.51. The highest BCUT2D eigenvalue weighted by Crippen LogP contribution is 2.19. The number of hydrogen-bond acceptors (Lipinski definition) is 4. The lowest BCUT2D eigenvalue weighted by molar-refractivity contribution is -0.140. The monoisotopic (exact) mass is 383 g/mol. The van der Waals surface area contributed by atoms with Crippen molar-refractivity contribution in [3.63, 3.8) is 0 Å². The van der Waals surface area contributed by atoms with E-state index in [0.717, 1.165) is 31.2 Å². The van der Waals surface area contributed by atoms with Crippen molar-refractivity contribution >= 4 is 17.7 Å². The van der Waals surface area contributed by atoms with Crippen LogP contribution in [0.4, 0.5) is 0 Å². The SMILES string of the molecule is COC(=O)CCCC=CCN1C(=O)CCC[C@@H]1/C=C/C(=O)Cc1ccccc1. The highest BCUT2D eigenvalue weighted by atomic mass is 16.5. The van der Waals surface area contributed by atoms with Crippen molar-refractivity contribution in [3.05, 3.63) is 60.2 Å². The van der Waals surface area contributed by atoms with Crippen molar-refractivity contribution < 1.29 is 19.1 Å². The lowest BCUT2D eigenvalue weighted by atomic mass is 10.00. The molecule has 5 nitrogen and oxygen atoms in total. The summed E-state index contributed by atoms with van der Waals surface area (Å²) in [6, 6.07) is 9.61. The second-order valence-electron chi connectivity index (χ2n) is 6.93. The van der Waals surface area contributed by atoms with Crippen molar-refractivity contribution in [2.45, 2.75) is 51.0 Å². The maximum absolute atomic E-state index is 12.3. The zero-order valence-corrected chi connectivity index (χ0v) is 16.5. The Balaban J connectivity index is 1.84. The fraction of sp³-hybridized carbons (Fsp3) is 0.435. The van der Waals surface area contributed by atoms with Crippen LogP contribution in [0, 0.1) is 0 Å². The first kappa shape index (κ1) is 21.6. The minimum atomic E-state index is -0.204. The second-order valence-corrected chi connectivity index (χ2v) is 6.93.